The molecule has 7 nitrogen and oxygen atoms in total. The van der Waals surface area contributed by atoms with Crippen LogP contribution in [0, 0.1) is 0 Å². The normalized spacial score (nSPS) is 11.8. The first kappa shape index (κ1) is 16.4. The number of hydrogen-bond donors (Lipinski definition) is 4. The average molecular weight is 260 g/mol. The number of rotatable bonds is 10. The fourth-order valence-corrected chi connectivity index (χ4v) is 1.42. The predicted octanol–water partition coefficient (Wildman–Crippen LogP) is -0.0603. The van der Waals surface area contributed by atoms with Crippen LogP contribution in [0.1, 0.15) is 38.5 Å². The molecule has 0 aromatic carbocycles. The SMILES string of the molecule is NCCCC[C@H](NC(=O)CCCC(=O)O)C(=O)O. The summed E-state index contributed by atoms with van der Waals surface area (Å²) in [6.45, 7) is 0.485. The van der Waals surface area contributed by atoms with Crippen molar-refractivity contribution in [2.45, 2.75) is 44.6 Å². The van der Waals surface area contributed by atoms with Crippen molar-refractivity contribution in [1.82, 2.24) is 5.32 Å². The molecule has 0 rings (SSSR count). The minimum absolute atomic E-state index is 0.0208. The van der Waals surface area contributed by atoms with E-state index in [0.29, 0.717) is 25.8 Å². The Morgan fingerprint density at radius 1 is 1.06 bits per heavy atom. The van der Waals surface area contributed by atoms with Gasteiger partial charge in [-0.1, -0.05) is 0 Å². The van der Waals surface area contributed by atoms with Gasteiger partial charge in [0.2, 0.25) is 5.91 Å². The molecule has 1 atom stereocenters. The lowest BCUT2D eigenvalue weighted by Crippen LogP contribution is -2.40. The van der Waals surface area contributed by atoms with E-state index in [4.69, 9.17) is 15.9 Å². The Labute approximate surface area is 105 Å². The summed E-state index contributed by atoms with van der Waals surface area (Å²) in [4.78, 5) is 32.5. The molecule has 18 heavy (non-hydrogen) atoms. The van der Waals surface area contributed by atoms with Gasteiger partial charge in [-0.3, -0.25) is 9.59 Å². The van der Waals surface area contributed by atoms with Crippen molar-refractivity contribution in [3.8, 4) is 0 Å². The molecule has 0 saturated heterocycles. The van der Waals surface area contributed by atoms with Gasteiger partial charge in [0, 0.05) is 12.8 Å². The zero-order chi connectivity index (χ0) is 14.0. The van der Waals surface area contributed by atoms with E-state index in [2.05, 4.69) is 5.32 Å². The fraction of sp³-hybridized carbons (Fsp3) is 0.727. The van der Waals surface area contributed by atoms with Crippen molar-refractivity contribution in [2.75, 3.05) is 6.54 Å². The van der Waals surface area contributed by atoms with Crippen LogP contribution in [0.4, 0.5) is 0 Å². The molecule has 0 heterocycles. The number of unbranched alkanes of at least 4 members (excludes halogenated alkanes) is 1. The number of hydrogen-bond acceptors (Lipinski definition) is 4. The van der Waals surface area contributed by atoms with Gasteiger partial charge in [-0.05, 0) is 32.2 Å². The number of carboxylic acid groups (broad SMARTS) is 2. The zero-order valence-electron chi connectivity index (χ0n) is 10.2. The second-order valence-corrected chi connectivity index (χ2v) is 3.99. The van der Waals surface area contributed by atoms with Gasteiger partial charge in [0.25, 0.3) is 0 Å². The van der Waals surface area contributed by atoms with E-state index in [1.54, 1.807) is 0 Å². The largest absolute Gasteiger partial charge is 0.481 e. The lowest BCUT2D eigenvalue weighted by atomic mass is 10.1. The van der Waals surface area contributed by atoms with E-state index in [0.717, 1.165) is 0 Å². The van der Waals surface area contributed by atoms with E-state index < -0.39 is 23.9 Å². The monoisotopic (exact) mass is 260 g/mol. The van der Waals surface area contributed by atoms with Crippen molar-refractivity contribution in [2.24, 2.45) is 5.73 Å². The quantitative estimate of drug-likeness (QED) is 0.407. The summed E-state index contributed by atoms with van der Waals surface area (Å²) < 4.78 is 0. The van der Waals surface area contributed by atoms with Crippen LogP contribution < -0.4 is 11.1 Å². The van der Waals surface area contributed by atoms with E-state index in [9.17, 15) is 14.4 Å². The van der Waals surface area contributed by atoms with Crippen molar-refractivity contribution in [1.29, 1.82) is 0 Å². The highest BCUT2D eigenvalue weighted by Crippen LogP contribution is 2.02. The summed E-state index contributed by atoms with van der Waals surface area (Å²) in [6.07, 6.45) is 1.79. The van der Waals surface area contributed by atoms with Gasteiger partial charge in [-0.2, -0.15) is 0 Å². The lowest BCUT2D eigenvalue weighted by molar-refractivity contribution is -0.142. The summed E-state index contributed by atoms with van der Waals surface area (Å²) in [7, 11) is 0. The smallest absolute Gasteiger partial charge is 0.326 e. The predicted molar refractivity (Wildman–Crippen MR) is 64.0 cm³/mol. The molecule has 0 fully saturated rings. The van der Waals surface area contributed by atoms with Gasteiger partial charge in [-0.25, -0.2) is 4.79 Å². The first-order valence-electron chi connectivity index (χ1n) is 5.91. The van der Waals surface area contributed by atoms with Gasteiger partial charge >= 0.3 is 11.9 Å². The van der Waals surface area contributed by atoms with E-state index in [-0.39, 0.29) is 19.3 Å². The van der Waals surface area contributed by atoms with Crippen LogP contribution in [-0.2, 0) is 14.4 Å². The van der Waals surface area contributed by atoms with Gasteiger partial charge in [0.1, 0.15) is 6.04 Å². The maximum absolute atomic E-state index is 11.4. The number of carboxylic acids is 2. The van der Waals surface area contributed by atoms with E-state index in [1.165, 1.54) is 0 Å². The molecule has 0 spiro atoms. The summed E-state index contributed by atoms with van der Waals surface area (Å²) in [5.41, 5.74) is 5.30. The molecule has 0 aromatic heterocycles. The van der Waals surface area contributed by atoms with Crippen LogP contribution in [-0.4, -0.2) is 40.6 Å². The molecule has 0 aliphatic carbocycles. The van der Waals surface area contributed by atoms with E-state index >= 15 is 0 Å². The molecule has 0 radical (unpaired) electrons. The first-order chi connectivity index (χ1) is 8.47. The van der Waals surface area contributed by atoms with Gasteiger partial charge in [0.15, 0.2) is 0 Å². The number of aliphatic carboxylic acids is 2. The topological polar surface area (TPSA) is 130 Å². The summed E-state index contributed by atoms with van der Waals surface area (Å²) in [5, 5.41) is 19.7. The highest BCUT2D eigenvalue weighted by molar-refractivity contribution is 5.83. The molecular weight excluding hydrogens is 240 g/mol. The third-order valence-electron chi connectivity index (χ3n) is 2.37. The Morgan fingerprint density at radius 3 is 2.22 bits per heavy atom. The Kier molecular flexibility index (Phi) is 8.55. The molecule has 7 heteroatoms. The number of carbonyl (C=O) groups excluding carboxylic acids is 1. The Hall–Kier alpha value is -1.63. The van der Waals surface area contributed by atoms with Crippen LogP contribution in [0.3, 0.4) is 0 Å². The first-order valence-corrected chi connectivity index (χ1v) is 5.91. The van der Waals surface area contributed by atoms with Crippen molar-refractivity contribution in [3.63, 3.8) is 0 Å². The van der Waals surface area contributed by atoms with Crippen LogP contribution in [0.25, 0.3) is 0 Å². The Balaban J connectivity index is 3.96. The van der Waals surface area contributed by atoms with Crippen LogP contribution >= 0.6 is 0 Å². The van der Waals surface area contributed by atoms with E-state index in [1.807, 2.05) is 0 Å². The zero-order valence-corrected chi connectivity index (χ0v) is 10.2. The van der Waals surface area contributed by atoms with Crippen LogP contribution in [0.2, 0.25) is 0 Å². The molecule has 0 saturated carbocycles. The molecule has 0 aliphatic rings. The second-order valence-electron chi connectivity index (χ2n) is 3.99. The highest BCUT2D eigenvalue weighted by atomic mass is 16.4. The number of nitrogens with two attached hydrogens (primary N) is 1. The molecular formula is C11H20N2O5. The van der Waals surface area contributed by atoms with Crippen LogP contribution in [0.5, 0.6) is 0 Å². The third-order valence-corrected chi connectivity index (χ3v) is 2.37. The summed E-state index contributed by atoms with van der Waals surface area (Å²) >= 11 is 0. The summed E-state index contributed by atoms with van der Waals surface area (Å²) in [6, 6.07) is -0.922. The minimum Gasteiger partial charge on any atom is -0.481 e. The summed E-state index contributed by atoms with van der Waals surface area (Å²) in [5.74, 6) is -2.49. The number of carbonyl (C=O) groups is 3. The number of amides is 1. The Morgan fingerprint density at radius 2 is 1.72 bits per heavy atom. The lowest BCUT2D eigenvalue weighted by Gasteiger charge is -2.14. The second kappa shape index (κ2) is 9.41. The molecule has 0 aromatic rings. The third kappa shape index (κ3) is 8.51. The average Bonchev–Trinajstić information content (AvgIpc) is 2.27. The van der Waals surface area contributed by atoms with Crippen molar-refractivity contribution < 1.29 is 24.6 Å². The van der Waals surface area contributed by atoms with Gasteiger partial charge < -0.3 is 21.3 Å². The molecule has 5 N–H and O–H groups in total. The molecule has 1 amide bonds. The van der Waals surface area contributed by atoms with Crippen LogP contribution in [0.15, 0.2) is 0 Å². The maximum atomic E-state index is 11.4. The molecule has 0 aliphatic heterocycles. The van der Waals surface area contributed by atoms with Crippen molar-refractivity contribution in [3.05, 3.63) is 0 Å². The molecule has 0 unspecified atom stereocenters. The maximum Gasteiger partial charge on any atom is 0.326 e. The molecule has 104 valence electrons. The minimum atomic E-state index is -1.08. The van der Waals surface area contributed by atoms with Gasteiger partial charge in [0.05, 0.1) is 0 Å². The standard InChI is InChI=1S/C11H20N2O5/c12-7-2-1-4-8(11(17)18)13-9(14)5-3-6-10(15)16/h8H,1-7,12H2,(H,13,14)(H,15,16)(H,17,18)/t8-/m0/s1. The van der Waals surface area contributed by atoms with Crippen molar-refractivity contribution >= 4 is 17.8 Å². The Bertz CT molecular complexity index is 293. The van der Waals surface area contributed by atoms with Gasteiger partial charge in [-0.15, -0.1) is 0 Å². The highest BCUT2D eigenvalue weighted by Gasteiger charge is 2.19. The molecule has 0 bridgehead atoms. The fourth-order valence-electron chi connectivity index (χ4n) is 1.42. The number of nitrogens with one attached hydrogen (secondary N) is 1.